The Labute approximate surface area is 123 Å². The van der Waals surface area contributed by atoms with Crippen molar-refractivity contribution in [1.82, 2.24) is 19.4 Å². The average Bonchev–Trinajstić information content (AvgIpc) is 3.03. The van der Waals surface area contributed by atoms with E-state index in [-0.39, 0.29) is 5.91 Å². The van der Waals surface area contributed by atoms with Crippen LogP contribution in [0.1, 0.15) is 31.8 Å². The summed E-state index contributed by atoms with van der Waals surface area (Å²) in [6.07, 6.45) is 4.56. The Morgan fingerprint density at radius 2 is 2.25 bits per heavy atom. The zero-order valence-corrected chi connectivity index (χ0v) is 13.1. The molecule has 0 bridgehead atoms. The Morgan fingerprint density at radius 3 is 2.90 bits per heavy atom. The van der Waals surface area contributed by atoms with E-state index in [4.69, 9.17) is 0 Å². The monoisotopic (exact) mass is 292 g/mol. The summed E-state index contributed by atoms with van der Waals surface area (Å²) in [5.41, 5.74) is 0.911. The molecule has 0 fully saturated rings. The second-order valence-electron chi connectivity index (χ2n) is 5.07. The molecule has 0 spiro atoms. The zero-order chi connectivity index (χ0) is 14.7. The molecular weight excluding hydrogens is 272 g/mol. The molecule has 108 valence electrons. The van der Waals surface area contributed by atoms with Gasteiger partial charge in [-0.2, -0.15) is 0 Å². The largest absolute Gasteiger partial charge is 0.346 e. The van der Waals surface area contributed by atoms with Gasteiger partial charge in [0.05, 0.1) is 5.01 Å². The third-order valence-corrected chi connectivity index (χ3v) is 4.11. The summed E-state index contributed by atoms with van der Waals surface area (Å²) in [5, 5.41) is 3.07. The van der Waals surface area contributed by atoms with E-state index in [1.807, 2.05) is 18.6 Å². The summed E-state index contributed by atoms with van der Waals surface area (Å²) < 4.78 is 2.11. The zero-order valence-electron chi connectivity index (χ0n) is 12.3. The van der Waals surface area contributed by atoms with Crippen LogP contribution in [0.25, 0.3) is 11.5 Å². The lowest BCUT2D eigenvalue weighted by molar-refractivity contribution is -0.127. The van der Waals surface area contributed by atoms with Gasteiger partial charge >= 0.3 is 0 Å². The SMILES string of the molecule is CC(=O)N(C)CCc1nc(-c2nccn2C(C)C)cs1. The van der Waals surface area contributed by atoms with Crippen LogP contribution in [0.3, 0.4) is 0 Å². The number of thiazole rings is 1. The minimum Gasteiger partial charge on any atom is -0.346 e. The van der Waals surface area contributed by atoms with Crippen molar-refractivity contribution in [3.8, 4) is 11.5 Å². The molecule has 0 aliphatic carbocycles. The molecule has 2 heterocycles. The van der Waals surface area contributed by atoms with Crippen molar-refractivity contribution >= 4 is 17.2 Å². The van der Waals surface area contributed by atoms with Gasteiger partial charge in [-0.3, -0.25) is 4.79 Å². The standard InChI is InChI=1S/C14H20N4OS/c1-10(2)18-8-6-15-14(18)12-9-20-13(16-12)5-7-17(4)11(3)19/h6,8-10H,5,7H2,1-4H3. The van der Waals surface area contributed by atoms with E-state index in [1.165, 1.54) is 0 Å². The van der Waals surface area contributed by atoms with Gasteiger partial charge < -0.3 is 9.47 Å². The van der Waals surface area contributed by atoms with Crippen molar-refractivity contribution in [2.75, 3.05) is 13.6 Å². The third-order valence-electron chi connectivity index (χ3n) is 3.20. The van der Waals surface area contributed by atoms with Crippen molar-refractivity contribution in [3.63, 3.8) is 0 Å². The second kappa shape index (κ2) is 6.17. The number of carbonyl (C=O) groups is 1. The van der Waals surface area contributed by atoms with Gasteiger partial charge in [-0.1, -0.05) is 0 Å². The van der Waals surface area contributed by atoms with Gasteiger partial charge in [0, 0.05) is 50.8 Å². The van der Waals surface area contributed by atoms with Crippen molar-refractivity contribution < 1.29 is 4.79 Å². The Hall–Kier alpha value is -1.69. The molecule has 0 saturated heterocycles. The van der Waals surface area contributed by atoms with Crippen LogP contribution in [0, 0.1) is 0 Å². The smallest absolute Gasteiger partial charge is 0.219 e. The van der Waals surface area contributed by atoms with Crippen LogP contribution in [0.5, 0.6) is 0 Å². The number of nitrogens with zero attached hydrogens (tertiary/aromatic N) is 4. The van der Waals surface area contributed by atoms with Gasteiger partial charge in [0.1, 0.15) is 5.69 Å². The number of hydrogen-bond donors (Lipinski definition) is 0. The lowest BCUT2D eigenvalue weighted by Gasteiger charge is -2.13. The maximum Gasteiger partial charge on any atom is 0.219 e. The summed E-state index contributed by atoms with van der Waals surface area (Å²) in [7, 11) is 1.81. The van der Waals surface area contributed by atoms with Crippen LogP contribution in [-0.2, 0) is 11.2 Å². The highest BCUT2D eigenvalue weighted by Crippen LogP contribution is 2.23. The van der Waals surface area contributed by atoms with Gasteiger partial charge in [-0.25, -0.2) is 9.97 Å². The Bertz CT molecular complexity index is 588. The lowest BCUT2D eigenvalue weighted by Crippen LogP contribution is -2.26. The summed E-state index contributed by atoms with van der Waals surface area (Å²) in [6, 6.07) is 0.362. The fraction of sp³-hybridized carbons (Fsp3) is 0.500. The van der Waals surface area contributed by atoms with Gasteiger partial charge in [0.25, 0.3) is 0 Å². The number of carbonyl (C=O) groups excluding carboxylic acids is 1. The summed E-state index contributed by atoms with van der Waals surface area (Å²) in [5.74, 6) is 0.986. The summed E-state index contributed by atoms with van der Waals surface area (Å²) in [6.45, 7) is 6.52. The molecule has 6 heteroatoms. The Balaban J connectivity index is 2.09. The topological polar surface area (TPSA) is 51.0 Å². The quantitative estimate of drug-likeness (QED) is 0.851. The number of likely N-dealkylation sites (N-methyl/N-ethyl adjacent to an activating group) is 1. The van der Waals surface area contributed by atoms with Crippen molar-refractivity contribution in [2.24, 2.45) is 0 Å². The van der Waals surface area contributed by atoms with Crippen LogP contribution >= 0.6 is 11.3 Å². The molecule has 2 aromatic heterocycles. The fourth-order valence-electron chi connectivity index (χ4n) is 1.88. The number of amides is 1. The molecule has 0 N–H and O–H groups in total. The minimum absolute atomic E-state index is 0.0807. The van der Waals surface area contributed by atoms with Crippen molar-refractivity contribution in [1.29, 1.82) is 0 Å². The van der Waals surface area contributed by atoms with Gasteiger partial charge in [0.2, 0.25) is 5.91 Å². The van der Waals surface area contributed by atoms with E-state index in [1.54, 1.807) is 29.4 Å². The highest BCUT2D eigenvalue weighted by atomic mass is 32.1. The van der Waals surface area contributed by atoms with E-state index >= 15 is 0 Å². The van der Waals surface area contributed by atoms with E-state index in [9.17, 15) is 4.79 Å². The first-order valence-corrected chi connectivity index (χ1v) is 7.56. The molecule has 20 heavy (non-hydrogen) atoms. The van der Waals surface area contributed by atoms with Crippen molar-refractivity contribution in [3.05, 3.63) is 22.8 Å². The molecule has 0 aliphatic heterocycles. The van der Waals surface area contributed by atoms with E-state index in [0.717, 1.165) is 22.9 Å². The van der Waals surface area contributed by atoms with E-state index in [0.29, 0.717) is 12.6 Å². The molecule has 1 amide bonds. The Kier molecular flexibility index (Phi) is 4.54. The highest BCUT2D eigenvalue weighted by Gasteiger charge is 2.12. The molecule has 0 atom stereocenters. The molecule has 0 aromatic carbocycles. The molecule has 0 unspecified atom stereocenters. The maximum absolute atomic E-state index is 11.2. The second-order valence-corrected chi connectivity index (χ2v) is 6.01. The summed E-state index contributed by atoms with van der Waals surface area (Å²) in [4.78, 5) is 21.9. The van der Waals surface area contributed by atoms with Crippen molar-refractivity contribution in [2.45, 2.75) is 33.2 Å². The van der Waals surface area contributed by atoms with Crippen LogP contribution in [0.2, 0.25) is 0 Å². The van der Waals surface area contributed by atoms with Crippen LogP contribution in [-0.4, -0.2) is 38.9 Å². The minimum atomic E-state index is 0.0807. The molecule has 5 nitrogen and oxygen atoms in total. The molecule has 0 radical (unpaired) electrons. The molecular formula is C14H20N4OS. The first kappa shape index (κ1) is 14.7. The number of imidazole rings is 1. The predicted molar refractivity (Wildman–Crippen MR) is 80.7 cm³/mol. The molecule has 0 saturated carbocycles. The lowest BCUT2D eigenvalue weighted by atomic mass is 10.3. The van der Waals surface area contributed by atoms with Gasteiger partial charge in [-0.15, -0.1) is 11.3 Å². The van der Waals surface area contributed by atoms with Crippen LogP contribution in [0.15, 0.2) is 17.8 Å². The number of rotatable bonds is 5. The van der Waals surface area contributed by atoms with Gasteiger partial charge in [0.15, 0.2) is 5.82 Å². The van der Waals surface area contributed by atoms with E-state index in [2.05, 4.69) is 28.4 Å². The molecule has 2 aromatic rings. The number of aromatic nitrogens is 3. The first-order chi connectivity index (χ1) is 9.49. The highest BCUT2D eigenvalue weighted by molar-refractivity contribution is 7.09. The number of hydrogen-bond acceptors (Lipinski definition) is 4. The third kappa shape index (κ3) is 3.25. The predicted octanol–water partition coefficient (Wildman–Crippen LogP) is 2.61. The first-order valence-electron chi connectivity index (χ1n) is 6.68. The molecule has 2 rings (SSSR count). The normalized spacial score (nSPS) is 11.1. The van der Waals surface area contributed by atoms with Crippen LogP contribution < -0.4 is 0 Å². The van der Waals surface area contributed by atoms with Crippen LogP contribution in [0.4, 0.5) is 0 Å². The maximum atomic E-state index is 11.2. The van der Waals surface area contributed by atoms with Gasteiger partial charge in [-0.05, 0) is 13.8 Å². The van der Waals surface area contributed by atoms with E-state index < -0.39 is 0 Å². The Morgan fingerprint density at radius 1 is 1.50 bits per heavy atom. The average molecular weight is 292 g/mol. The molecule has 0 aliphatic rings. The summed E-state index contributed by atoms with van der Waals surface area (Å²) >= 11 is 1.62. The fourth-order valence-corrected chi connectivity index (χ4v) is 2.64.